The molecule has 2 N–H and O–H groups in total. The van der Waals surface area contributed by atoms with E-state index < -0.39 is 0 Å². The Morgan fingerprint density at radius 1 is 0.587 bits per heavy atom. The van der Waals surface area contributed by atoms with Crippen LogP contribution in [0.3, 0.4) is 0 Å². The lowest BCUT2D eigenvalue weighted by atomic mass is 10.0. The van der Waals surface area contributed by atoms with Crippen LogP contribution < -0.4 is 15.2 Å². The number of hydrogen-bond acceptors (Lipinski definition) is 8. The number of thioether (sulfide) groups is 2. The Kier molecular flexibility index (Phi) is 15.1. The third-order valence-corrected chi connectivity index (χ3v) is 9.53. The minimum absolute atomic E-state index is 0.0440. The number of ketones is 3. The molecular weight excluding hydrogens is 619 g/mol. The summed E-state index contributed by atoms with van der Waals surface area (Å²) < 4.78 is 10.3. The summed E-state index contributed by atoms with van der Waals surface area (Å²) in [6.07, 6.45) is 0.683. The number of methoxy groups -OCH3 is 2. The van der Waals surface area contributed by atoms with Gasteiger partial charge in [0.05, 0.1) is 25.7 Å². The SMILES string of the molecule is COc1ccc(C(CC(=O)c2ccccc2)SCC(C)=O)cc1.COc1ccc(C(CC(=O)c2ccccc2)SCC(N)=O)cc1. The molecule has 4 aromatic rings. The van der Waals surface area contributed by atoms with Crippen molar-refractivity contribution in [2.75, 3.05) is 25.7 Å². The van der Waals surface area contributed by atoms with Gasteiger partial charge >= 0.3 is 0 Å². The van der Waals surface area contributed by atoms with Gasteiger partial charge in [-0.15, -0.1) is 23.5 Å². The van der Waals surface area contributed by atoms with E-state index in [0.29, 0.717) is 29.7 Å². The van der Waals surface area contributed by atoms with Crippen molar-refractivity contribution in [3.63, 3.8) is 0 Å². The second kappa shape index (κ2) is 19.2. The number of carbonyl (C=O) groups excluding carboxylic acids is 4. The number of primary amides is 1. The molecule has 240 valence electrons. The highest BCUT2D eigenvalue weighted by molar-refractivity contribution is 8.00. The number of amides is 1. The van der Waals surface area contributed by atoms with Crippen molar-refractivity contribution in [1.82, 2.24) is 0 Å². The van der Waals surface area contributed by atoms with Crippen LogP contribution in [0.4, 0.5) is 0 Å². The summed E-state index contributed by atoms with van der Waals surface area (Å²) in [5.41, 5.74) is 8.62. The molecule has 2 atom stereocenters. The van der Waals surface area contributed by atoms with E-state index in [4.69, 9.17) is 15.2 Å². The van der Waals surface area contributed by atoms with Crippen molar-refractivity contribution in [3.05, 3.63) is 131 Å². The normalized spacial score (nSPS) is 11.7. The first-order chi connectivity index (χ1) is 22.2. The lowest BCUT2D eigenvalue weighted by Gasteiger charge is -2.16. The summed E-state index contributed by atoms with van der Waals surface area (Å²) in [5.74, 6) is 1.96. The summed E-state index contributed by atoms with van der Waals surface area (Å²) in [7, 11) is 3.23. The van der Waals surface area contributed by atoms with Crippen LogP contribution >= 0.6 is 23.5 Å². The molecule has 0 aliphatic heterocycles. The summed E-state index contributed by atoms with van der Waals surface area (Å²) >= 11 is 2.89. The smallest absolute Gasteiger partial charge is 0.227 e. The van der Waals surface area contributed by atoms with Crippen LogP contribution in [-0.2, 0) is 9.59 Å². The van der Waals surface area contributed by atoms with Crippen LogP contribution in [0.5, 0.6) is 11.5 Å². The third kappa shape index (κ3) is 12.2. The molecule has 0 radical (unpaired) electrons. The van der Waals surface area contributed by atoms with Crippen molar-refractivity contribution < 1.29 is 28.7 Å². The van der Waals surface area contributed by atoms with E-state index in [-0.39, 0.29) is 39.5 Å². The number of Topliss-reactive ketones (excluding diaryl/α,β-unsaturated/α-hetero) is 3. The van der Waals surface area contributed by atoms with Gasteiger partial charge in [-0.2, -0.15) is 0 Å². The number of hydrogen-bond donors (Lipinski definition) is 1. The Morgan fingerprint density at radius 2 is 0.957 bits per heavy atom. The van der Waals surface area contributed by atoms with E-state index in [0.717, 1.165) is 22.6 Å². The second-order valence-electron chi connectivity index (χ2n) is 10.3. The van der Waals surface area contributed by atoms with E-state index in [2.05, 4.69) is 0 Å². The standard InChI is InChI=1S/C19H20O3S.C18H19NO3S/c1-14(20)13-23-19(16-8-10-17(22-2)11-9-16)12-18(21)15-6-4-3-5-7-15;1-22-15-9-7-14(8-10-15)17(23-12-18(19)21)11-16(20)13-5-3-2-4-6-13/h3-11,19H,12-13H2,1-2H3;2-10,17H,11-12H2,1H3,(H2,19,21). The molecule has 0 aliphatic carbocycles. The molecule has 2 unspecified atom stereocenters. The van der Waals surface area contributed by atoms with E-state index in [9.17, 15) is 19.2 Å². The highest BCUT2D eigenvalue weighted by Gasteiger charge is 2.20. The number of carbonyl (C=O) groups is 4. The van der Waals surface area contributed by atoms with Crippen LogP contribution in [0.25, 0.3) is 0 Å². The van der Waals surface area contributed by atoms with Crippen molar-refractivity contribution >= 4 is 46.8 Å². The molecule has 0 fully saturated rings. The fourth-order valence-electron chi connectivity index (χ4n) is 4.40. The summed E-state index contributed by atoms with van der Waals surface area (Å²) in [6, 6.07) is 33.6. The maximum absolute atomic E-state index is 12.5. The average molecular weight is 658 g/mol. The lowest BCUT2D eigenvalue weighted by Crippen LogP contribution is -2.15. The molecule has 0 saturated heterocycles. The molecular formula is C37H39NO6S2. The molecule has 0 aromatic heterocycles. The average Bonchev–Trinajstić information content (AvgIpc) is 3.09. The second-order valence-corrected chi connectivity index (χ2v) is 12.7. The van der Waals surface area contributed by atoms with Crippen molar-refractivity contribution in [1.29, 1.82) is 0 Å². The molecule has 1 amide bonds. The molecule has 46 heavy (non-hydrogen) atoms. The van der Waals surface area contributed by atoms with Crippen molar-refractivity contribution in [3.8, 4) is 11.5 Å². The molecule has 9 heteroatoms. The van der Waals surface area contributed by atoms with Crippen molar-refractivity contribution in [2.24, 2.45) is 5.73 Å². The molecule has 0 saturated carbocycles. The van der Waals surface area contributed by atoms with E-state index in [1.807, 2.05) is 97.1 Å². The van der Waals surface area contributed by atoms with Crippen LogP contribution in [-0.4, -0.2) is 49.0 Å². The first-order valence-electron chi connectivity index (χ1n) is 14.7. The number of nitrogens with two attached hydrogens (primary N) is 1. The zero-order chi connectivity index (χ0) is 33.3. The fourth-order valence-corrected chi connectivity index (χ4v) is 6.44. The van der Waals surface area contributed by atoms with Gasteiger partial charge < -0.3 is 15.2 Å². The largest absolute Gasteiger partial charge is 0.497 e. The van der Waals surface area contributed by atoms with Gasteiger partial charge in [0.15, 0.2) is 11.6 Å². The van der Waals surface area contributed by atoms with Gasteiger partial charge in [-0.25, -0.2) is 0 Å². The minimum atomic E-state index is -0.388. The molecule has 4 rings (SSSR count). The number of benzene rings is 4. The molecule has 0 spiro atoms. The monoisotopic (exact) mass is 657 g/mol. The number of ether oxygens (including phenoxy) is 2. The summed E-state index contributed by atoms with van der Waals surface area (Å²) in [5, 5.41) is -0.168. The molecule has 0 bridgehead atoms. The molecule has 0 aliphatic rings. The Hall–Kier alpha value is -4.34. The minimum Gasteiger partial charge on any atom is -0.497 e. The quantitative estimate of drug-likeness (QED) is 0.123. The van der Waals surface area contributed by atoms with Gasteiger partial charge in [-0.3, -0.25) is 19.2 Å². The molecule has 4 aromatic carbocycles. The van der Waals surface area contributed by atoms with E-state index in [1.165, 1.54) is 23.5 Å². The Morgan fingerprint density at radius 3 is 1.28 bits per heavy atom. The molecule has 7 nitrogen and oxygen atoms in total. The Balaban J connectivity index is 0.000000250. The fraction of sp³-hybridized carbons (Fsp3) is 0.243. The van der Waals surface area contributed by atoms with Gasteiger partial charge in [0.25, 0.3) is 0 Å². The third-order valence-electron chi connectivity index (χ3n) is 6.82. The summed E-state index contributed by atoms with van der Waals surface area (Å²) in [4.78, 5) is 47.3. The van der Waals surface area contributed by atoms with Gasteiger partial charge in [0, 0.05) is 34.5 Å². The van der Waals surface area contributed by atoms with Crippen molar-refractivity contribution in [2.45, 2.75) is 30.3 Å². The van der Waals surface area contributed by atoms with Crippen LogP contribution in [0.15, 0.2) is 109 Å². The Bertz CT molecular complexity index is 1430. The highest BCUT2D eigenvalue weighted by atomic mass is 32.2. The first-order valence-corrected chi connectivity index (χ1v) is 16.7. The zero-order valence-electron chi connectivity index (χ0n) is 26.2. The lowest BCUT2D eigenvalue weighted by molar-refractivity contribution is -0.116. The predicted octanol–water partition coefficient (Wildman–Crippen LogP) is 7.56. The predicted molar refractivity (Wildman–Crippen MR) is 187 cm³/mol. The maximum Gasteiger partial charge on any atom is 0.227 e. The first kappa shape index (κ1) is 36.1. The maximum atomic E-state index is 12.5. The van der Waals surface area contributed by atoms with Gasteiger partial charge in [-0.05, 0) is 42.3 Å². The number of rotatable bonds is 16. The van der Waals surface area contributed by atoms with Crippen LogP contribution in [0.1, 0.15) is 62.1 Å². The van der Waals surface area contributed by atoms with Gasteiger partial charge in [0.1, 0.15) is 17.3 Å². The highest BCUT2D eigenvalue weighted by Crippen LogP contribution is 2.35. The molecule has 0 heterocycles. The van der Waals surface area contributed by atoms with Crippen LogP contribution in [0, 0.1) is 0 Å². The topological polar surface area (TPSA) is 113 Å². The van der Waals surface area contributed by atoms with E-state index >= 15 is 0 Å². The van der Waals surface area contributed by atoms with Crippen LogP contribution in [0.2, 0.25) is 0 Å². The van der Waals surface area contributed by atoms with Gasteiger partial charge in [0.2, 0.25) is 5.91 Å². The zero-order valence-corrected chi connectivity index (χ0v) is 27.9. The summed E-state index contributed by atoms with van der Waals surface area (Å²) in [6.45, 7) is 1.57. The Labute approximate surface area is 279 Å². The van der Waals surface area contributed by atoms with E-state index in [1.54, 1.807) is 33.3 Å². The van der Waals surface area contributed by atoms with Gasteiger partial charge in [-0.1, -0.05) is 84.9 Å².